The molecule has 0 aliphatic carbocycles. The Morgan fingerprint density at radius 2 is 1.89 bits per heavy atom. The lowest BCUT2D eigenvalue weighted by Gasteiger charge is -2.28. The Balaban J connectivity index is 1.62. The van der Waals surface area contributed by atoms with Gasteiger partial charge in [-0.25, -0.2) is 8.42 Å². The summed E-state index contributed by atoms with van der Waals surface area (Å²) in [6, 6.07) is 13.1. The third-order valence-electron chi connectivity index (χ3n) is 4.62. The molecular weight excluding hydrogens is 364 g/mol. The van der Waals surface area contributed by atoms with Gasteiger partial charge in [0, 0.05) is 18.8 Å². The monoisotopic (exact) mass is 388 g/mol. The van der Waals surface area contributed by atoms with Crippen LogP contribution in [-0.2, 0) is 27.8 Å². The highest BCUT2D eigenvalue weighted by atomic mass is 32.2. The van der Waals surface area contributed by atoms with Gasteiger partial charge in [-0.1, -0.05) is 23.8 Å². The fourth-order valence-electron chi connectivity index (χ4n) is 3.01. The number of rotatable bonds is 6. The van der Waals surface area contributed by atoms with Crippen LogP contribution in [0.1, 0.15) is 23.6 Å². The van der Waals surface area contributed by atoms with E-state index >= 15 is 0 Å². The molecule has 3 rings (SSSR count). The van der Waals surface area contributed by atoms with E-state index in [2.05, 4.69) is 5.32 Å². The van der Waals surface area contributed by atoms with E-state index in [-0.39, 0.29) is 18.3 Å². The third kappa shape index (κ3) is 4.87. The van der Waals surface area contributed by atoms with E-state index < -0.39 is 10.0 Å². The van der Waals surface area contributed by atoms with Crippen LogP contribution in [0.3, 0.4) is 0 Å². The molecule has 2 aromatic rings. The highest BCUT2D eigenvalue weighted by molar-refractivity contribution is 7.89. The second-order valence-corrected chi connectivity index (χ2v) is 8.88. The molecule has 1 amide bonds. The molecule has 0 bridgehead atoms. The Bertz CT molecular complexity index is 923. The molecule has 1 heterocycles. The molecule has 0 saturated heterocycles. The van der Waals surface area contributed by atoms with Crippen molar-refractivity contribution in [1.82, 2.24) is 4.31 Å². The highest BCUT2D eigenvalue weighted by Gasteiger charge is 2.25. The first-order chi connectivity index (χ1) is 12.9. The van der Waals surface area contributed by atoms with E-state index in [1.807, 2.05) is 49.4 Å². The zero-order chi connectivity index (χ0) is 19.4. The molecule has 6 nitrogen and oxygen atoms in total. The van der Waals surface area contributed by atoms with Crippen molar-refractivity contribution in [2.24, 2.45) is 0 Å². The quantitative estimate of drug-likeness (QED) is 0.826. The number of amides is 1. The van der Waals surface area contributed by atoms with Crippen LogP contribution in [0.2, 0.25) is 0 Å². The van der Waals surface area contributed by atoms with Gasteiger partial charge in [0.15, 0.2) is 6.61 Å². The van der Waals surface area contributed by atoms with Crippen molar-refractivity contribution in [2.75, 3.05) is 24.2 Å². The molecule has 27 heavy (non-hydrogen) atoms. The van der Waals surface area contributed by atoms with Crippen LogP contribution < -0.4 is 10.1 Å². The maximum atomic E-state index is 12.1. The predicted molar refractivity (Wildman–Crippen MR) is 105 cm³/mol. The Labute approximate surface area is 160 Å². The number of nitrogens with zero attached hydrogens (tertiary/aromatic N) is 1. The van der Waals surface area contributed by atoms with Crippen molar-refractivity contribution < 1.29 is 17.9 Å². The number of hydrogen-bond donors (Lipinski definition) is 1. The fourth-order valence-corrected chi connectivity index (χ4v) is 4.08. The van der Waals surface area contributed by atoms with Gasteiger partial charge in [0.1, 0.15) is 5.75 Å². The Kier molecular flexibility index (Phi) is 5.82. The van der Waals surface area contributed by atoms with Crippen LogP contribution in [0.4, 0.5) is 5.69 Å². The van der Waals surface area contributed by atoms with E-state index in [9.17, 15) is 13.2 Å². The number of anilines is 1. The topological polar surface area (TPSA) is 75.7 Å². The van der Waals surface area contributed by atoms with Gasteiger partial charge in [-0.2, -0.15) is 4.31 Å². The predicted octanol–water partition coefficient (Wildman–Crippen LogP) is 2.72. The first-order valence-electron chi connectivity index (χ1n) is 8.96. The molecule has 1 N–H and O–H groups in total. The van der Waals surface area contributed by atoms with E-state index in [1.165, 1.54) is 4.31 Å². The molecule has 0 fully saturated rings. The van der Waals surface area contributed by atoms with Crippen molar-refractivity contribution in [3.63, 3.8) is 0 Å². The van der Waals surface area contributed by atoms with Crippen molar-refractivity contribution >= 4 is 21.6 Å². The molecule has 0 radical (unpaired) electrons. The van der Waals surface area contributed by atoms with Gasteiger partial charge in [-0.15, -0.1) is 0 Å². The molecule has 0 saturated carbocycles. The van der Waals surface area contributed by atoms with Gasteiger partial charge in [0.2, 0.25) is 10.0 Å². The van der Waals surface area contributed by atoms with Crippen molar-refractivity contribution in [3.8, 4) is 5.75 Å². The highest BCUT2D eigenvalue weighted by Crippen LogP contribution is 2.24. The number of nitrogens with one attached hydrogen (secondary N) is 1. The fraction of sp³-hybridized carbons (Fsp3) is 0.350. The van der Waals surface area contributed by atoms with E-state index in [0.29, 0.717) is 30.9 Å². The summed E-state index contributed by atoms with van der Waals surface area (Å²) < 4.78 is 31.2. The molecule has 0 unspecified atom stereocenters. The molecule has 0 atom stereocenters. The second kappa shape index (κ2) is 8.10. The minimum Gasteiger partial charge on any atom is -0.484 e. The summed E-state index contributed by atoms with van der Waals surface area (Å²) in [5, 5.41) is 2.81. The minimum atomic E-state index is -3.22. The third-order valence-corrected chi connectivity index (χ3v) is 6.44. The van der Waals surface area contributed by atoms with Gasteiger partial charge in [0.05, 0.1) is 5.75 Å². The van der Waals surface area contributed by atoms with E-state index in [0.717, 1.165) is 16.7 Å². The molecule has 144 valence electrons. The lowest BCUT2D eigenvalue weighted by Crippen LogP contribution is -2.36. The van der Waals surface area contributed by atoms with Gasteiger partial charge in [-0.05, 0) is 55.7 Å². The number of aryl methyl sites for hydroxylation is 1. The van der Waals surface area contributed by atoms with Crippen LogP contribution in [0.15, 0.2) is 42.5 Å². The SMILES string of the molecule is CCS(=O)(=O)N1CCc2ccc(NC(=O)COc3ccc(C)cc3)cc2C1. The summed E-state index contributed by atoms with van der Waals surface area (Å²) in [5.74, 6) is 0.473. The summed E-state index contributed by atoms with van der Waals surface area (Å²) >= 11 is 0. The largest absolute Gasteiger partial charge is 0.484 e. The summed E-state index contributed by atoms with van der Waals surface area (Å²) in [5.41, 5.74) is 3.81. The van der Waals surface area contributed by atoms with Gasteiger partial charge in [-0.3, -0.25) is 4.79 Å². The number of sulfonamides is 1. The van der Waals surface area contributed by atoms with Crippen molar-refractivity contribution in [2.45, 2.75) is 26.8 Å². The molecule has 0 aromatic heterocycles. The normalized spacial score (nSPS) is 14.4. The van der Waals surface area contributed by atoms with Gasteiger partial charge in [0.25, 0.3) is 5.91 Å². The average molecular weight is 388 g/mol. The van der Waals surface area contributed by atoms with E-state index in [4.69, 9.17) is 4.74 Å². The maximum absolute atomic E-state index is 12.1. The molecule has 1 aliphatic heterocycles. The Morgan fingerprint density at radius 3 is 2.59 bits per heavy atom. The molecule has 1 aliphatic rings. The van der Waals surface area contributed by atoms with Crippen LogP contribution in [0.25, 0.3) is 0 Å². The number of carbonyl (C=O) groups excluding carboxylic acids is 1. The van der Waals surface area contributed by atoms with E-state index in [1.54, 1.807) is 6.92 Å². The molecule has 7 heteroatoms. The summed E-state index contributed by atoms with van der Waals surface area (Å²) in [4.78, 5) is 12.1. The van der Waals surface area contributed by atoms with Crippen LogP contribution in [0, 0.1) is 6.92 Å². The summed E-state index contributed by atoms with van der Waals surface area (Å²) in [6.07, 6.45) is 0.680. The van der Waals surface area contributed by atoms with Crippen molar-refractivity contribution in [1.29, 1.82) is 0 Å². The first-order valence-corrected chi connectivity index (χ1v) is 10.6. The molecular formula is C20H24N2O4S. The van der Waals surface area contributed by atoms with Gasteiger partial charge < -0.3 is 10.1 Å². The Hall–Kier alpha value is -2.38. The number of hydrogen-bond acceptors (Lipinski definition) is 4. The number of fused-ring (bicyclic) bond motifs is 1. The molecule has 0 spiro atoms. The van der Waals surface area contributed by atoms with Gasteiger partial charge >= 0.3 is 0 Å². The minimum absolute atomic E-state index is 0.0868. The van der Waals surface area contributed by atoms with Crippen LogP contribution in [-0.4, -0.2) is 37.5 Å². The smallest absolute Gasteiger partial charge is 0.262 e. The summed E-state index contributed by atoms with van der Waals surface area (Å²) in [7, 11) is -3.22. The van der Waals surface area contributed by atoms with Crippen LogP contribution in [0.5, 0.6) is 5.75 Å². The Morgan fingerprint density at radius 1 is 1.15 bits per heavy atom. The maximum Gasteiger partial charge on any atom is 0.262 e. The number of benzene rings is 2. The van der Waals surface area contributed by atoms with Crippen LogP contribution >= 0.6 is 0 Å². The summed E-state index contributed by atoms with van der Waals surface area (Å²) in [6.45, 7) is 4.39. The zero-order valence-corrected chi connectivity index (χ0v) is 16.4. The lowest BCUT2D eigenvalue weighted by molar-refractivity contribution is -0.118. The lowest BCUT2D eigenvalue weighted by atomic mass is 10.0. The number of ether oxygens (including phenoxy) is 1. The second-order valence-electron chi connectivity index (χ2n) is 6.62. The van der Waals surface area contributed by atoms with Crippen molar-refractivity contribution in [3.05, 3.63) is 59.2 Å². The standard InChI is InChI=1S/C20H24N2O4S/c1-3-27(24,25)22-11-10-16-6-7-18(12-17(16)13-22)21-20(23)14-26-19-8-4-15(2)5-9-19/h4-9,12H,3,10-11,13-14H2,1-2H3,(H,21,23). The zero-order valence-electron chi connectivity index (χ0n) is 15.6. The first kappa shape index (κ1) is 19.4. The number of carbonyl (C=O) groups is 1. The molecule has 2 aromatic carbocycles. The average Bonchev–Trinajstić information content (AvgIpc) is 2.67.